The number of amides is 1. The van der Waals surface area contributed by atoms with Gasteiger partial charge in [0.1, 0.15) is 11.3 Å². The van der Waals surface area contributed by atoms with Gasteiger partial charge in [-0.25, -0.2) is 4.98 Å². The third-order valence-corrected chi connectivity index (χ3v) is 6.10. The first-order valence-electron chi connectivity index (χ1n) is 9.68. The van der Waals surface area contributed by atoms with Crippen molar-refractivity contribution in [2.45, 2.75) is 13.5 Å². The molecule has 0 saturated carbocycles. The second-order valence-corrected chi connectivity index (χ2v) is 8.19. The normalized spacial score (nSPS) is 11.3. The molecule has 5 aromatic rings. The summed E-state index contributed by atoms with van der Waals surface area (Å²) in [5.74, 6) is 1.09. The smallest absolute Gasteiger partial charge is 0.296 e. The molecule has 1 amide bonds. The number of para-hydroxylation sites is 2. The molecule has 8 heteroatoms. The highest BCUT2D eigenvalue weighted by atomic mass is 35.5. The van der Waals surface area contributed by atoms with Crippen LogP contribution >= 0.6 is 22.9 Å². The SMILES string of the molecule is CCOc1cccc2cc(C(=O)N(Cc3ccco3)c3nc4c(Cl)cccc4s3)oc12. The highest BCUT2D eigenvalue weighted by Crippen LogP contribution is 2.35. The van der Waals surface area contributed by atoms with Crippen LogP contribution in [0.5, 0.6) is 5.75 Å². The standard InChI is InChI=1S/C23H17ClN2O4S/c1-2-28-17-9-3-6-14-12-18(30-21(14)17)22(27)26(13-15-7-5-11-29-15)23-25-20-16(24)8-4-10-19(20)31-23/h3-12H,2,13H2,1H3. The van der Waals surface area contributed by atoms with Crippen LogP contribution in [0.4, 0.5) is 5.13 Å². The Labute approximate surface area is 186 Å². The van der Waals surface area contributed by atoms with E-state index in [2.05, 4.69) is 4.98 Å². The van der Waals surface area contributed by atoms with Gasteiger partial charge in [0.25, 0.3) is 5.91 Å². The number of nitrogens with zero attached hydrogens (tertiary/aromatic N) is 2. The van der Waals surface area contributed by atoms with Gasteiger partial charge in [-0.1, -0.05) is 41.1 Å². The van der Waals surface area contributed by atoms with E-state index < -0.39 is 0 Å². The van der Waals surface area contributed by atoms with E-state index in [1.54, 1.807) is 24.5 Å². The molecule has 0 bridgehead atoms. The van der Waals surface area contributed by atoms with E-state index in [1.807, 2.05) is 43.3 Å². The summed E-state index contributed by atoms with van der Waals surface area (Å²) < 4.78 is 18.0. The van der Waals surface area contributed by atoms with Gasteiger partial charge in [0.2, 0.25) is 0 Å². The Balaban J connectivity index is 1.59. The number of thiazole rings is 1. The number of carbonyl (C=O) groups is 1. The molecule has 0 aliphatic carbocycles. The van der Waals surface area contributed by atoms with E-state index in [0.717, 1.165) is 10.1 Å². The molecule has 0 saturated heterocycles. The molecule has 0 fully saturated rings. The summed E-state index contributed by atoms with van der Waals surface area (Å²) >= 11 is 7.69. The Hall–Kier alpha value is -3.29. The summed E-state index contributed by atoms with van der Waals surface area (Å²) in [5, 5.41) is 1.84. The minimum atomic E-state index is -0.328. The molecule has 0 radical (unpaired) electrons. The number of aromatic nitrogens is 1. The Morgan fingerprint density at radius 3 is 2.84 bits per heavy atom. The lowest BCUT2D eigenvalue weighted by atomic mass is 10.2. The van der Waals surface area contributed by atoms with Crippen LogP contribution in [0.3, 0.4) is 0 Å². The average molecular weight is 453 g/mol. The molecule has 3 aromatic heterocycles. The number of ether oxygens (including phenoxy) is 1. The maximum absolute atomic E-state index is 13.6. The minimum Gasteiger partial charge on any atom is -0.490 e. The highest BCUT2D eigenvalue weighted by molar-refractivity contribution is 7.22. The number of halogens is 1. The Morgan fingerprint density at radius 2 is 2.06 bits per heavy atom. The predicted molar refractivity (Wildman–Crippen MR) is 121 cm³/mol. The molecule has 6 nitrogen and oxygen atoms in total. The van der Waals surface area contributed by atoms with Crippen LogP contribution < -0.4 is 9.64 Å². The van der Waals surface area contributed by atoms with Gasteiger partial charge in [-0.3, -0.25) is 9.69 Å². The van der Waals surface area contributed by atoms with Crippen molar-refractivity contribution in [3.05, 3.63) is 77.4 Å². The van der Waals surface area contributed by atoms with E-state index in [9.17, 15) is 4.79 Å². The molecule has 31 heavy (non-hydrogen) atoms. The number of furan rings is 2. The first kappa shape index (κ1) is 19.7. The molecule has 5 rings (SSSR count). The van der Waals surface area contributed by atoms with E-state index in [1.165, 1.54) is 16.2 Å². The van der Waals surface area contributed by atoms with Crippen molar-refractivity contribution in [2.24, 2.45) is 0 Å². The fourth-order valence-electron chi connectivity index (χ4n) is 3.35. The summed E-state index contributed by atoms with van der Waals surface area (Å²) in [7, 11) is 0. The van der Waals surface area contributed by atoms with Crippen molar-refractivity contribution in [2.75, 3.05) is 11.5 Å². The van der Waals surface area contributed by atoms with E-state index in [0.29, 0.717) is 39.4 Å². The van der Waals surface area contributed by atoms with Gasteiger partial charge in [0.15, 0.2) is 22.2 Å². The van der Waals surface area contributed by atoms with Crippen LogP contribution in [0.2, 0.25) is 5.02 Å². The van der Waals surface area contributed by atoms with Crippen LogP contribution in [0.15, 0.2) is 69.7 Å². The quantitative estimate of drug-likeness (QED) is 0.293. The highest BCUT2D eigenvalue weighted by Gasteiger charge is 2.26. The van der Waals surface area contributed by atoms with Crippen LogP contribution in [0.1, 0.15) is 23.2 Å². The first-order valence-corrected chi connectivity index (χ1v) is 10.9. The predicted octanol–water partition coefficient (Wildman–Crippen LogP) is 6.53. The Kier molecular flexibility index (Phi) is 5.13. The van der Waals surface area contributed by atoms with E-state index >= 15 is 0 Å². The van der Waals surface area contributed by atoms with Crippen molar-refractivity contribution >= 4 is 55.2 Å². The van der Waals surface area contributed by atoms with Crippen molar-refractivity contribution < 1.29 is 18.4 Å². The van der Waals surface area contributed by atoms with Gasteiger partial charge in [-0.15, -0.1) is 0 Å². The molecule has 156 valence electrons. The van der Waals surface area contributed by atoms with Crippen molar-refractivity contribution in [1.29, 1.82) is 0 Å². The van der Waals surface area contributed by atoms with E-state index in [-0.39, 0.29) is 18.2 Å². The fraction of sp³-hybridized carbons (Fsp3) is 0.130. The zero-order chi connectivity index (χ0) is 21.4. The van der Waals surface area contributed by atoms with Gasteiger partial charge in [-0.2, -0.15) is 0 Å². The first-order chi connectivity index (χ1) is 15.1. The van der Waals surface area contributed by atoms with Crippen molar-refractivity contribution in [1.82, 2.24) is 4.98 Å². The van der Waals surface area contributed by atoms with Gasteiger partial charge in [0, 0.05) is 5.39 Å². The van der Waals surface area contributed by atoms with Gasteiger partial charge < -0.3 is 13.6 Å². The minimum absolute atomic E-state index is 0.194. The summed E-state index contributed by atoms with van der Waals surface area (Å²) in [6.07, 6.45) is 1.57. The summed E-state index contributed by atoms with van der Waals surface area (Å²) in [4.78, 5) is 19.7. The molecule has 0 aliphatic rings. The second kappa shape index (κ2) is 8.09. The van der Waals surface area contributed by atoms with Gasteiger partial charge >= 0.3 is 0 Å². The number of hydrogen-bond acceptors (Lipinski definition) is 6. The van der Waals surface area contributed by atoms with Crippen LogP contribution in [-0.2, 0) is 6.54 Å². The molecule has 0 spiro atoms. The number of anilines is 1. The number of carbonyl (C=O) groups excluding carboxylic acids is 1. The largest absolute Gasteiger partial charge is 0.490 e. The zero-order valence-corrected chi connectivity index (χ0v) is 18.1. The van der Waals surface area contributed by atoms with Crippen molar-refractivity contribution in [3.8, 4) is 5.75 Å². The molecular formula is C23H17ClN2O4S. The lowest BCUT2D eigenvalue weighted by molar-refractivity contribution is 0.0958. The third kappa shape index (κ3) is 3.66. The van der Waals surface area contributed by atoms with Gasteiger partial charge in [-0.05, 0) is 43.3 Å². The lowest BCUT2D eigenvalue weighted by Gasteiger charge is -2.17. The zero-order valence-electron chi connectivity index (χ0n) is 16.5. The number of hydrogen-bond donors (Lipinski definition) is 0. The third-order valence-electron chi connectivity index (χ3n) is 4.75. The molecule has 0 N–H and O–H groups in total. The lowest BCUT2D eigenvalue weighted by Crippen LogP contribution is -2.29. The number of rotatable bonds is 6. The van der Waals surface area contributed by atoms with Gasteiger partial charge in [0.05, 0.1) is 29.1 Å². The van der Waals surface area contributed by atoms with E-state index in [4.69, 9.17) is 25.2 Å². The molecular weight excluding hydrogens is 436 g/mol. The summed E-state index contributed by atoms with van der Waals surface area (Å²) in [5.41, 5.74) is 1.20. The summed E-state index contributed by atoms with van der Waals surface area (Å²) in [6.45, 7) is 2.61. The van der Waals surface area contributed by atoms with Crippen LogP contribution in [0.25, 0.3) is 21.2 Å². The molecule has 2 aromatic carbocycles. The number of fused-ring (bicyclic) bond motifs is 2. The maximum Gasteiger partial charge on any atom is 0.296 e. The topological polar surface area (TPSA) is 68.7 Å². The monoisotopic (exact) mass is 452 g/mol. The Morgan fingerprint density at radius 1 is 1.19 bits per heavy atom. The second-order valence-electron chi connectivity index (χ2n) is 6.77. The molecule has 0 unspecified atom stereocenters. The molecule has 0 atom stereocenters. The van der Waals surface area contributed by atoms with Crippen molar-refractivity contribution in [3.63, 3.8) is 0 Å². The fourth-order valence-corrected chi connectivity index (χ4v) is 4.61. The Bertz CT molecular complexity index is 1370. The van der Waals surface area contributed by atoms with Crippen LogP contribution in [-0.4, -0.2) is 17.5 Å². The maximum atomic E-state index is 13.6. The summed E-state index contributed by atoms with van der Waals surface area (Å²) in [6, 6.07) is 16.4. The molecule has 3 heterocycles. The van der Waals surface area contributed by atoms with Crippen LogP contribution in [0, 0.1) is 0 Å². The molecule has 0 aliphatic heterocycles. The average Bonchev–Trinajstić information content (AvgIpc) is 3.51. The number of benzene rings is 2.